The van der Waals surface area contributed by atoms with E-state index in [0.29, 0.717) is 16.8 Å². The summed E-state index contributed by atoms with van der Waals surface area (Å²) in [5.41, 5.74) is 1.20. The highest BCUT2D eigenvalue weighted by Crippen LogP contribution is 2.22. The van der Waals surface area contributed by atoms with Crippen LogP contribution in [0.15, 0.2) is 23.0 Å². The summed E-state index contributed by atoms with van der Waals surface area (Å²) in [4.78, 5) is 14.2. The molecule has 1 aromatic heterocycles. The first-order valence-electron chi connectivity index (χ1n) is 4.78. The second kappa shape index (κ2) is 3.70. The van der Waals surface area contributed by atoms with Crippen LogP contribution in [-0.2, 0) is 0 Å². The molecule has 1 heterocycles. The molecule has 4 nitrogen and oxygen atoms in total. The summed E-state index contributed by atoms with van der Waals surface area (Å²) in [7, 11) is 1.58. The first-order valence-corrected chi connectivity index (χ1v) is 4.78. The van der Waals surface area contributed by atoms with Gasteiger partial charge in [0.2, 0.25) is 0 Å². The Morgan fingerprint density at radius 1 is 1.44 bits per heavy atom. The number of hydrogen-bond donors (Lipinski definition) is 1. The molecule has 0 bridgehead atoms. The zero-order valence-electron chi connectivity index (χ0n) is 9.00. The second-order valence-corrected chi connectivity index (χ2v) is 3.48. The largest absolute Gasteiger partial charge is 0.497 e. The minimum absolute atomic E-state index is 0.153. The first kappa shape index (κ1) is 10.2. The third-order valence-electron chi connectivity index (χ3n) is 2.59. The zero-order valence-corrected chi connectivity index (χ0v) is 9.00. The van der Waals surface area contributed by atoms with Crippen LogP contribution in [0.1, 0.15) is 11.1 Å². The molecule has 0 aliphatic heterocycles. The number of aromatic nitrogens is 1. The normalized spacial score (nSPS) is 10.1. The van der Waals surface area contributed by atoms with Gasteiger partial charge in [-0.15, -0.1) is 0 Å². The van der Waals surface area contributed by atoms with Gasteiger partial charge in [0.25, 0.3) is 5.56 Å². The van der Waals surface area contributed by atoms with E-state index in [-0.39, 0.29) is 11.1 Å². The second-order valence-electron chi connectivity index (χ2n) is 3.48. The van der Waals surface area contributed by atoms with E-state index in [1.165, 1.54) is 0 Å². The van der Waals surface area contributed by atoms with Crippen LogP contribution in [0.2, 0.25) is 0 Å². The number of benzene rings is 1. The summed E-state index contributed by atoms with van der Waals surface area (Å²) in [6.07, 6.45) is 0. The van der Waals surface area contributed by atoms with Crippen LogP contribution in [0.4, 0.5) is 0 Å². The number of fused-ring (bicyclic) bond motifs is 1. The fourth-order valence-corrected chi connectivity index (χ4v) is 1.69. The number of hydrogen-bond acceptors (Lipinski definition) is 3. The van der Waals surface area contributed by atoms with E-state index < -0.39 is 0 Å². The Bertz CT molecular complexity index is 650. The summed E-state index contributed by atoms with van der Waals surface area (Å²) >= 11 is 0. The number of pyridine rings is 1. The lowest BCUT2D eigenvalue weighted by Crippen LogP contribution is -2.12. The monoisotopic (exact) mass is 214 g/mol. The van der Waals surface area contributed by atoms with Gasteiger partial charge in [-0.1, -0.05) is 0 Å². The predicted molar refractivity (Wildman–Crippen MR) is 60.6 cm³/mol. The standard InChI is InChI=1S/C12H10N2O2/c1-7-9-5-8(16-2)3-4-11(9)14-12(15)10(7)6-13/h3-5H,1-2H3,(H,14,15). The van der Waals surface area contributed by atoms with Gasteiger partial charge in [-0.2, -0.15) is 5.26 Å². The SMILES string of the molecule is COc1ccc2[nH]c(=O)c(C#N)c(C)c2c1. The molecule has 16 heavy (non-hydrogen) atoms. The smallest absolute Gasteiger partial charge is 0.266 e. The molecular weight excluding hydrogens is 204 g/mol. The first-order chi connectivity index (χ1) is 7.67. The highest BCUT2D eigenvalue weighted by atomic mass is 16.5. The molecule has 0 radical (unpaired) electrons. The lowest BCUT2D eigenvalue weighted by atomic mass is 10.1. The Balaban J connectivity index is 2.90. The maximum absolute atomic E-state index is 11.5. The van der Waals surface area contributed by atoms with E-state index in [4.69, 9.17) is 10.00 Å². The number of nitrogens with one attached hydrogen (secondary N) is 1. The van der Waals surface area contributed by atoms with Crippen LogP contribution >= 0.6 is 0 Å². The number of aromatic amines is 1. The predicted octanol–water partition coefficient (Wildman–Crippen LogP) is 1.72. The Kier molecular flexibility index (Phi) is 2.37. The molecule has 0 unspecified atom stereocenters. The quantitative estimate of drug-likeness (QED) is 0.785. The van der Waals surface area contributed by atoms with Gasteiger partial charge in [0, 0.05) is 10.9 Å². The summed E-state index contributed by atoms with van der Waals surface area (Å²) in [6, 6.07) is 7.25. The zero-order chi connectivity index (χ0) is 11.7. The van der Waals surface area contributed by atoms with Crippen molar-refractivity contribution in [1.82, 2.24) is 4.98 Å². The van der Waals surface area contributed by atoms with Crippen molar-refractivity contribution in [3.05, 3.63) is 39.7 Å². The Morgan fingerprint density at radius 2 is 2.19 bits per heavy atom. The van der Waals surface area contributed by atoms with Crippen LogP contribution in [0.25, 0.3) is 10.9 Å². The summed E-state index contributed by atoms with van der Waals surface area (Å²) in [5.74, 6) is 0.700. The molecule has 0 saturated heterocycles. The molecule has 2 aromatic rings. The van der Waals surface area contributed by atoms with E-state index in [2.05, 4.69) is 4.98 Å². The van der Waals surface area contributed by atoms with Gasteiger partial charge in [-0.05, 0) is 30.7 Å². The minimum Gasteiger partial charge on any atom is -0.497 e. The average molecular weight is 214 g/mol. The third-order valence-corrected chi connectivity index (χ3v) is 2.59. The van der Waals surface area contributed by atoms with E-state index in [0.717, 1.165) is 5.39 Å². The van der Waals surface area contributed by atoms with Gasteiger partial charge < -0.3 is 9.72 Å². The van der Waals surface area contributed by atoms with Crippen molar-refractivity contribution in [3.63, 3.8) is 0 Å². The average Bonchev–Trinajstić information content (AvgIpc) is 2.29. The number of methoxy groups -OCH3 is 1. The lowest BCUT2D eigenvalue weighted by molar-refractivity contribution is 0.415. The molecule has 2 rings (SSSR count). The fraction of sp³-hybridized carbons (Fsp3) is 0.167. The molecule has 1 N–H and O–H groups in total. The van der Waals surface area contributed by atoms with Crippen molar-refractivity contribution in [2.45, 2.75) is 6.92 Å². The number of nitrogens with zero attached hydrogens (tertiary/aromatic N) is 1. The van der Waals surface area contributed by atoms with Crippen LogP contribution in [0.3, 0.4) is 0 Å². The molecular formula is C12H10N2O2. The summed E-state index contributed by atoms with van der Waals surface area (Å²) in [5, 5.41) is 9.71. The number of H-pyrrole nitrogens is 1. The molecule has 0 aliphatic rings. The van der Waals surface area contributed by atoms with Gasteiger partial charge in [0.1, 0.15) is 17.4 Å². The fourth-order valence-electron chi connectivity index (χ4n) is 1.69. The van der Waals surface area contributed by atoms with E-state index >= 15 is 0 Å². The maximum Gasteiger partial charge on any atom is 0.266 e. The van der Waals surface area contributed by atoms with Gasteiger partial charge >= 0.3 is 0 Å². The van der Waals surface area contributed by atoms with Gasteiger partial charge in [-0.3, -0.25) is 4.79 Å². The van der Waals surface area contributed by atoms with Crippen LogP contribution in [0, 0.1) is 18.3 Å². The number of ether oxygens (including phenoxy) is 1. The van der Waals surface area contributed by atoms with E-state index in [1.807, 2.05) is 6.07 Å². The number of nitriles is 1. The van der Waals surface area contributed by atoms with Crippen LogP contribution in [0.5, 0.6) is 5.75 Å². The summed E-state index contributed by atoms with van der Waals surface area (Å²) in [6.45, 7) is 1.76. The maximum atomic E-state index is 11.5. The van der Waals surface area contributed by atoms with Gasteiger partial charge in [0.15, 0.2) is 0 Å². The minimum atomic E-state index is -0.349. The Hall–Kier alpha value is -2.28. The van der Waals surface area contributed by atoms with Crippen LogP contribution < -0.4 is 10.3 Å². The highest BCUT2D eigenvalue weighted by molar-refractivity contribution is 5.84. The highest BCUT2D eigenvalue weighted by Gasteiger charge is 2.08. The van der Waals surface area contributed by atoms with Crippen molar-refractivity contribution in [3.8, 4) is 11.8 Å². The molecule has 4 heteroatoms. The molecule has 0 atom stereocenters. The molecule has 0 saturated carbocycles. The molecule has 0 aliphatic carbocycles. The summed E-state index contributed by atoms with van der Waals surface area (Å²) < 4.78 is 5.11. The molecule has 0 spiro atoms. The number of rotatable bonds is 1. The molecule has 0 fully saturated rings. The van der Waals surface area contributed by atoms with Crippen molar-refractivity contribution in [2.75, 3.05) is 7.11 Å². The Morgan fingerprint density at radius 3 is 2.81 bits per heavy atom. The molecule has 0 amide bonds. The lowest BCUT2D eigenvalue weighted by Gasteiger charge is -2.05. The van der Waals surface area contributed by atoms with E-state index in [1.54, 1.807) is 32.2 Å². The van der Waals surface area contributed by atoms with Gasteiger partial charge in [-0.25, -0.2) is 0 Å². The van der Waals surface area contributed by atoms with E-state index in [9.17, 15) is 4.79 Å². The van der Waals surface area contributed by atoms with Crippen molar-refractivity contribution in [1.29, 1.82) is 5.26 Å². The van der Waals surface area contributed by atoms with Crippen molar-refractivity contribution >= 4 is 10.9 Å². The van der Waals surface area contributed by atoms with Crippen LogP contribution in [-0.4, -0.2) is 12.1 Å². The van der Waals surface area contributed by atoms with Crippen molar-refractivity contribution < 1.29 is 4.74 Å². The Labute approximate surface area is 92.1 Å². The molecule has 80 valence electrons. The van der Waals surface area contributed by atoms with Crippen molar-refractivity contribution in [2.24, 2.45) is 0 Å². The van der Waals surface area contributed by atoms with Gasteiger partial charge in [0.05, 0.1) is 7.11 Å². The topological polar surface area (TPSA) is 65.9 Å². The molecule has 1 aromatic carbocycles. The third kappa shape index (κ3) is 1.43. The number of aryl methyl sites for hydroxylation is 1.